The minimum absolute atomic E-state index is 0.104. The van der Waals surface area contributed by atoms with E-state index in [2.05, 4.69) is 29.6 Å². The van der Waals surface area contributed by atoms with E-state index in [1.54, 1.807) is 0 Å². The highest BCUT2D eigenvalue weighted by Crippen LogP contribution is 2.59. The summed E-state index contributed by atoms with van der Waals surface area (Å²) in [5, 5.41) is 2.92. The summed E-state index contributed by atoms with van der Waals surface area (Å²) in [4.78, 5) is 12.6. The lowest BCUT2D eigenvalue weighted by molar-refractivity contribution is -0.122. The molecular formula is C15H18N2OS. The van der Waals surface area contributed by atoms with Gasteiger partial charge >= 0.3 is 0 Å². The second-order valence-corrected chi connectivity index (χ2v) is 6.06. The zero-order valence-corrected chi connectivity index (χ0v) is 11.7. The summed E-state index contributed by atoms with van der Waals surface area (Å²) in [5.41, 5.74) is 8.31. The number of fused-ring (bicyclic) bond motifs is 3. The molecule has 0 spiro atoms. The lowest BCUT2D eigenvalue weighted by Gasteiger charge is -2.13. The number of amides is 1. The van der Waals surface area contributed by atoms with Crippen molar-refractivity contribution in [1.82, 2.24) is 5.32 Å². The summed E-state index contributed by atoms with van der Waals surface area (Å²) in [6.45, 7) is 1.83. The number of carbonyl (C=O) groups is 1. The largest absolute Gasteiger partial charge is 0.392 e. The van der Waals surface area contributed by atoms with Crippen molar-refractivity contribution >= 4 is 23.1 Å². The molecule has 3 N–H and O–H groups in total. The zero-order valence-electron chi connectivity index (χ0n) is 10.9. The summed E-state index contributed by atoms with van der Waals surface area (Å²) in [5.74, 6) is 1.13. The molecule has 3 nitrogen and oxygen atoms in total. The first-order chi connectivity index (χ1) is 9.09. The molecule has 0 aliphatic heterocycles. The first-order valence-electron chi connectivity index (χ1n) is 6.77. The van der Waals surface area contributed by atoms with Crippen LogP contribution in [-0.4, -0.2) is 16.9 Å². The average Bonchev–Trinajstić information content (AvgIpc) is 3.13. The van der Waals surface area contributed by atoms with Gasteiger partial charge in [0.25, 0.3) is 0 Å². The number of hydrogen-bond acceptors (Lipinski definition) is 2. The van der Waals surface area contributed by atoms with Gasteiger partial charge in [0.05, 0.1) is 11.0 Å². The maximum absolute atomic E-state index is 12.3. The Bertz CT molecular complexity index is 543. The number of nitrogens with two attached hydrogens (primary N) is 1. The van der Waals surface area contributed by atoms with E-state index in [-0.39, 0.29) is 17.9 Å². The number of benzene rings is 1. The van der Waals surface area contributed by atoms with E-state index in [0.29, 0.717) is 16.8 Å². The van der Waals surface area contributed by atoms with E-state index < -0.39 is 0 Å². The normalized spacial score (nSPS) is 28.8. The number of aryl methyl sites for hydroxylation is 1. The number of thiocarbonyl (C=S) groups is 1. The highest BCUT2D eigenvalue weighted by atomic mass is 32.1. The molecule has 19 heavy (non-hydrogen) atoms. The average molecular weight is 274 g/mol. The van der Waals surface area contributed by atoms with Crippen molar-refractivity contribution in [1.29, 1.82) is 0 Å². The van der Waals surface area contributed by atoms with Crippen molar-refractivity contribution < 1.29 is 4.79 Å². The summed E-state index contributed by atoms with van der Waals surface area (Å²) >= 11 is 4.90. The molecule has 4 unspecified atom stereocenters. The number of rotatable bonds is 3. The van der Waals surface area contributed by atoms with Gasteiger partial charge in [-0.1, -0.05) is 36.5 Å². The van der Waals surface area contributed by atoms with E-state index in [0.717, 1.165) is 12.8 Å². The molecule has 2 aliphatic carbocycles. The molecule has 1 amide bonds. The van der Waals surface area contributed by atoms with Gasteiger partial charge in [-0.2, -0.15) is 0 Å². The molecule has 0 heterocycles. The van der Waals surface area contributed by atoms with Crippen molar-refractivity contribution in [2.45, 2.75) is 31.7 Å². The summed E-state index contributed by atoms with van der Waals surface area (Å²) in [6.07, 6.45) is 2.20. The Morgan fingerprint density at radius 2 is 2.21 bits per heavy atom. The van der Waals surface area contributed by atoms with E-state index in [1.807, 2.05) is 6.92 Å². The molecular weight excluding hydrogens is 256 g/mol. The topological polar surface area (TPSA) is 55.1 Å². The molecule has 1 aromatic rings. The van der Waals surface area contributed by atoms with Crippen molar-refractivity contribution in [2.24, 2.45) is 17.6 Å². The van der Waals surface area contributed by atoms with E-state index in [1.165, 1.54) is 11.1 Å². The predicted octanol–water partition coefficient (Wildman–Crippen LogP) is 1.75. The van der Waals surface area contributed by atoms with Gasteiger partial charge < -0.3 is 11.1 Å². The highest BCUT2D eigenvalue weighted by molar-refractivity contribution is 7.80. The zero-order chi connectivity index (χ0) is 13.6. The number of carbonyl (C=O) groups excluding carboxylic acids is 1. The molecule has 0 aromatic heterocycles. The quantitative estimate of drug-likeness (QED) is 0.826. The minimum Gasteiger partial charge on any atom is -0.392 e. The summed E-state index contributed by atoms with van der Waals surface area (Å²) < 4.78 is 0. The Balaban J connectivity index is 1.74. The lowest BCUT2D eigenvalue weighted by atomic mass is 9.92. The molecule has 100 valence electrons. The van der Waals surface area contributed by atoms with Gasteiger partial charge in [0.1, 0.15) is 0 Å². The van der Waals surface area contributed by atoms with Crippen LogP contribution in [-0.2, 0) is 11.2 Å². The maximum atomic E-state index is 12.3. The van der Waals surface area contributed by atoms with Crippen LogP contribution in [0.1, 0.15) is 30.4 Å². The molecule has 2 aliphatic rings. The fourth-order valence-corrected chi connectivity index (χ4v) is 3.36. The fourth-order valence-electron chi connectivity index (χ4n) is 3.30. The number of hydrogen-bond donors (Lipinski definition) is 2. The third-order valence-corrected chi connectivity index (χ3v) is 4.77. The van der Waals surface area contributed by atoms with Gasteiger partial charge in [-0.15, -0.1) is 0 Å². The third-order valence-electron chi connectivity index (χ3n) is 4.42. The van der Waals surface area contributed by atoms with Gasteiger partial charge in [0, 0.05) is 5.92 Å². The molecule has 1 fully saturated rings. The Labute approximate surface area is 118 Å². The maximum Gasteiger partial charge on any atom is 0.224 e. The Kier molecular flexibility index (Phi) is 3.05. The molecule has 1 saturated carbocycles. The predicted molar refractivity (Wildman–Crippen MR) is 78.9 cm³/mol. The minimum atomic E-state index is -0.222. The standard InChI is InChI=1S/C15H18N2OS/c1-8(14(16)19)17-15(18)13-11-7-6-9-4-2-3-5-10(9)12(11)13/h2-5,8,11-13H,6-7H2,1H3,(H2,16,19)(H,17,18). The SMILES string of the molecule is CC(NC(=O)C1C2CCc3ccccc3C21)C(N)=S. The van der Waals surface area contributed by atoms with Gasteiger partial charge in [-0.05, 0) is 42.7 Å². The summed E-state index contributed by atoms with van der Waals surface area (Å²) in [7, 11) is 0. The van der Waals surface area contributed by atoms with Crippen LogP contribution in [0, 0.1) is 11.8 Å². The lowest BCUT2D eigenvalue weighted by Crippen LogP contribution is -2.42. The Morgan fingerprint density at radius 1 is 1.47 bits per heavy atom. The van der Waals surface area contributed by atoms with E-state index >= 15 is 0 Å². The van der Waals surface area contributed by atoms with Crippen LogP contribution in [0.5, 0.6) is 0 Å². The molecule has 3 rings (SSSR count). The van der Waals surface area contributed by atoms with Crippen LogP contribution < -0.4 is 11.1 Å². The molecule has 4 atom stereocenters. The fraction of sp³-hybridized carbons (Fsp3) is 0.467. The van der Waals surface area contributed by atoms with Crippen molar-refractivity contribution in [3.8, 4) is 0 Å². The second kappa shape index (κ2) is 4.60. The van der Waals surface area contributed by atoms with Gasteiger partial charge in [0.15, 0.2) is 0 Å². The van der Waals surface area contributed by atoms with E-state index in [9.17, 15) is 4.79 Å². The Hall–Kier alpha value is -1.42. The third kappa shape index (κ3) is 2.14. The first-order valence-corrected chi connectivity index (χ1v) is 7.18. The van der Waals surface area contributed by atoms with Crippen molar-refractivity contribution in [2.75, 3.05) is 0 Å². The van der Waals surface area contributed by atoms with Gasteiger partial charge in [-0.3, -0.25) is 4.79 Å². The first kappa shape index (κ1) is 12.6. The van der Waals surface area contributed by atoms with Crippen LogP contribution in [0.15, 0.2) is 24.3 Å². The smallest absolute Gasteiger partial charge is 0.224 e. The summed E-state index contributed by atoms with van der Waals surface area (Å²) in [6, 6.07) is 8.25. The van der Waals surface area contributed by atoms with Gasteiger partial charge in [0.2, 0.25) is 5.91 Å². The van der Waals surface area contributed by atoms with Crippen LogP contribution >= 0.6 is 12.2 Å². The van der Waals surface area contributed by atoms with Crippen LogP contribution in [0.2, 0.25) is 0 Å². The van der Waals surface area contributed by atoms with E-state index in [4.69, 9.17) is 18.0 Å². The monoisotopic (exact) mass is 274 g/mol. The second-order valence-electron chi connectivity index (χ2n) is 5.59. The molecule has 0 bridgehead atoms. The highest BCUT2D eigenvalue weighted by Gasteiger charge is 2.57. The van der Waals surface area contributed by atoms with Crippen LogP contribution in [0.3, 0.4) is 0 Å². The van der Waals surface area contributed by atoms with Crippen LogP contribution in [0.25, 0.3) is 0 Å². The molecule has 1 aromatic carbocycles. The van der Waals surface area contributed by atoms with Gasteiger partial charge in [-0.25, -0.2) is 0 Å². The molecule has 4 heteroatoms. The number of nitrogens with one attached hydrogen (secondary N) is 1. The Morgan fingerprint density at radius 3 is 2.95 bits per heavy atom. The van der Waals surface area contributed by atoms with Crippen LogP contribution in [0.4, 0.5) is 0 Å². The van der Waals surface area contributed by atoms with Crippen molar-refractivity contribution in [3.05, 3.63) is 35.4 Å². The van der Waals surface area contributed by atoms with Crippen molar-refractivity contribution in [3.63, 3.8) is 0 Å². The molecule has 0 radical (unpaired) electrons. The molecule has 0 saturated heterocycles.